The number of rotatable bonds is 11. The van der Waals surface area contributed by atoms with Crippen molar-refractivity contribution in [1.29, 1.82) is 0 Å². The van der Waals surface area contributed by atoms with Crippen LogP contribution < -0.4 is 15.8 Å². The lowest BCUT2D eigenvalue weighted by atomic mass is 10.0. The zero-order chi connectivity index (χ0) is 30.7. The van der Waals surface area contributed by atoms with Crippen molar-refractivity contribution >= 4 is 29.1 Å². The van der Waals surface area contributed by atoms with Crippen molar-refractivity contribution in [2.45, 2.75) is 64.9 Å². The van der Waals surface area contributed by atoms with E-state index in [4.69, 9.17) is 10.5 Å². The van der Waals surface area contributed by atoms with E-state index in [1.807, 2.05) is 57.2 Å². The molecule has 1 aromatic heterocycles. The molecular weight excluding hydrogens is 566 g/mol. The van der Waals surface area contributed by atoms with Crippen LogP contribution in [0.3, 0.4) is 0 Å². The number of aliphatic hydroxyl groups excluding tert-OH is 1. The van der Waals surface area contributed by atoms with Crippen LogP contribution in [0.5, 0.6) is 5.75 Å². The molecule has 43 heavy (non-hydrogen) atoms. The van der Waals surface area contributed by atoms with E-state index in [0.29, 0.717) is 37.4 Å². The number of hydrogen-bond donors (Lipinski definition) is 3. The van der Waals surface area contributed by atoms with Crippen LogP contribution in [-0.2, 0) is 22.7 Å². The number of aromatic nitrogens is 1. The van der Waals surface area contributed by atoms with Crippen LogP contribution in [-0.4, -0.2) is 75.5 Å². The molecule has 228 valence electrons. The van der Waals surface area contributed by atoms with E-state index in [1.165, 1.54) is 4.90 Å². The van der Waals surface area contributed by atoms with E-state index in [-0.39, 0.29) is 43.1 Å². The lowest BCUT2D eigenvalue weighted by Gasteiger charge is -2.35. The predicted octanol–water partition coefficient (Wildman–Crippen LogP) is 3.10. The third-order valence-corrected chi connectivity index (χ3v) is 9.05. The number of benzene rings is 2. The van der Waals surface area contributed by atoms with Crippen LogP contribution in [0.25, 0.3) is 10.4 Å². The number of fused-ring (bicyclic) bond motifs is 1. The molecule has 11 heteroatoms. The molecule has 1 fully saturated rings. The number of carbonyl (C=O) groups excluding carboxylic acids is 3. The lowest BCUT2D eigenvalue weighted by Crippen LogP contribution is -2.55. The molecule has 0 radical (unpaired) electrons. The van der Waals surface area contributed by atoms with Crippen LogP contribution >= 0.6 is 11.3 Å². The van der Waals surface area contributed by atoms with E-state index in [0.717, 1.165) is 27.3 Å². The van der Waals surface area contributed by atoms with Gasteiger partial charge in [-0.2, -0.15) is 0 Å². The van der Waals surface area contributed by atoms with Crippen LogP contribution in [0.1, 0.15) is 53.9 Å². The number of nitrogens with two attached hydrogens (primary N) is 1. The first kappa shape index (κ1) is 30.7. The fourth-order valence-corrected chi connectivity index (χ4v) is 6.68. The first-order chi connectivity index (χ1) is 20.7. The summed E-state index contributed by atoms with van der Waals surface area (Å²) in [5, 5.41) is 13.5. The van der Waals surface area contributed by atoms with Gasteiger partial charge in [0.1, 0.15) is 17.8 Å². The minimum absolute atomic E-state index is 0.0332. The summed E-state index contributed by atoms with van der Waals surface area (Å²) in [5.41, 5.74) is 11.6. The van der Waals surface area contributed by atoms with Crippen molar-refractivity contribution in [3.8, 4) is 16.2 Å². The van der Waals surface area contributed by atoms with Gasteiger partial charge >= 0.3 is 0 Å². The molecule has 1 saturated heterocycles. The second kappa shape index (κ2) is 13.2. The zero-order valence-electron chi connectivity index (χ0n) is 24.8. The maximum absolute atomic E-state index is 14.0. The number of carbonyl (C=O) groups is 3. The van der Waals surface area contributed by atoms with Gasteiger partial charge in [0.15, 0.2) is 0 Å². The van der Waals surface area contributed by atoms with Crippen molar-refractivity contribution in [2.75, 3.05) is 19.7 Å². The number of thiazole rings is 1. The van der Waals surface area contributed by atoms with Gasteiger partial charge in [0, 0.05) is 37.2 Å². The Bertz CT molecular complexity index is 1490. The maximum atomic E-state index is 14.0. The number of β-amino-alcohol motifs (C(OH)–C–C–N with tert-alkyl or cyclic N) is 1. The summed E-state index contributed by atoms with van der Waals surface area (Å²) >= 11 is 1.55. The van der Waals surface area contributed by atoms with Gasteiger partial charge in [-0.3, -0.25) is 14.4 Å². The highest BCUT2D eigenvalue weighted by Crippen LogP contribution is 2.33. The van der Waals surface area contributed by atoms with E-state index >= 15 is 0 Å². The lowest BCUT2D eigenvalue weighted by molar-refractivity contribution is -0.143. The molecule has 0 spiro atoms. The van der Waals surface area contributed by atoms with Crippen molar-refractivity contribution in [3.05, 3.63) is 70.4 Å². The summed E-state index contributed by atoms with van der Waals surface area (Å²) in [5.74, 6) is -0.434. The fraction of sp³-hybridized carbons (Fsp3) is 0.438. The molecule has 3 amide bonds. The molecule has 0 aliphatic carbocycles. The van der Waals surface area contributed by atoms with Gasteiger partial charge in [-0.25, -0.2) is 4.98 Å². The van der Waals surface area contributed by atoms with E-state index in [1.54, 1.807) is 27.8 Å². The molecule has 0 saturated carbocycles. The first-order valence-electron chi connectivity index (χ1n) is 14.7. The van der Waals surface area contributed by atoms with Gasteiger partial charge in [0.2, 0.25) is 11.8 Å². The largest absolute Gasteiger partial charge is 0.493 e. The second-order valence-corrected chi connectivity index (χ2v) is 12.3. The van der Waals surface area contributed by atoms with E-state index in [2.05, 4.69) is 10.3 Å². The number of nitrogens with zero attached hydrogens (tertiary/aromatic N) is 3. The highest BCUT2D eigenvalue weighted by Gasteiger charge is 2.45. The molecule has 3 heterocycles. The van der Waals surface area contributed by atoms with Crippen molar-refractivity contribution in [1.82, 2.24) is 20.1 Å². The van der Waals surface area contributed by atoms with Gasteiger partial charge in [-0.05, 0) is 49.1 Å². The molecule has 2 aliphatic heterocycles. The minimum Gasteiger partial charge on any atom is -0.493 e. The molecule has 2 aromatic carbocycles. The number of hydrogen-bond acceptors (Lipinski definition) is 8. The van der Waals surface area contributed by atoms with Crippen LogP contribution in [0.15, 0.2) is 48.0 Å². The Morgan fingerprint density at radius 3 is 2.72 bits per heavy atom. The summed E-state index contributed by atoms with van der Waals surface area (Å²) in [7, 11) is 0. The quantitative estimate of drug-likeness (QED) is 0.286. The summed E-state index contributed by atoms with van der Waals surface area (Å²) in [6.07, 6.45) is -0.0232. The smallest absolute Gasteiger partial charge is 0.255 e. The van der Waals surface area contributed by atoms with Crippen LogP contribution in [0, 0.1) is 12.8 Å². The van der Waals surface area contributed by atoms with Crippen LogP contribution in [0.4, 0.5) is 0 Å². The Morgan fingerprint density at radius 1 is 1.23 bits per heavy atom. The Balaban J connectivity index is 1.31. The van der Waals surface area contributed by atoms with Crippen molar-refractivity contribution in [2.24, 2.45) is 11.7 Å². The third-order valence-electron chi connectivity index (χ3n) is 8.07. The monoisotopic (exact) mass is 605 g/mol. The number of nitrogens with one attached hydrogen (secondary N) is 1. The van der Waals surface area contributed by atoms with Gasteiger partial charge < -0.3 is 30.7 Å². The van der Waals surface area contributed by atoms with Gasteiger partial charge in [0.25, 0.3) is 5.91 Å². The maximum Gasteiger partial charge on any atom is 0.255 e. The summed E-state index contributed by atoms with van der Waals surface area (Å²) < 4.78 is 6.05. The molecule has 4 N–H and O–H groups in total. The summed E-state index contributed by atoms with van der Waals surface area (Å²) in [6, 6.07) is 11.6. The molecule has 3 aromatic rings. The number of aryl methyl sites for hydroxylation is 1. The Labute approximate surface area is 255 Å². The second-order valence-electron chi connectivity index (χ2n) is 11.5. The molecule has 0 bridgehead atoms. The highest BCUT2D eigenvalue weighted by molar-refractivity contribution is 7.13. The van der Waals surface area contributed by atoms with E-state index in [9.17, 15) is 19.5 Å². The standard InChI is InChI=1S/C32H39N5O5S/c1-19(2)28(37-16-23-7-4-5-8-25(23)31(37)40)32(41)36-17-24(38)14-26(36)30(39)34-15-22-10-9-21(29-20(3)35-18-43-29)13-27(22)42-12-6-11-33/h4-5,7-10,13,18-19,24,26,28,38H,6,11-12,14-17,33H2,1-3H3,(H,34,39)/t24-,26+,28+/m1/s1. The first-order valence-corrected chi connectivity index (χ1v) is 15.6. The minimum atomic E-state index is -0.857. The number of amides is 3. The summed E-state index contributed by atoms with van der Waals surface area (Å²) in [6.45, 7) is 7.23. The molecule has 5 rings (SSSR count). The molecule has 3 atom stereocenters. The van der Waals surface area contributed by atoms with Crippen molar-refractivity contribution in [3.63, 3.8) is 0 Å². The zero-order valence-corrected chi connectivity index (χ0v) is 25.6. The highest BCUT2D eigenvalue weighted by atomic mass is 32.1. The number of likely N-dealkylation sites (tertiary alicyclic amines) is 1. The summed E-state index contributed by atoms with van der Waals surface area (Å²) in [4.78, 5) is 49.2. The Kier molecular flexibility index (Phi) is 9.43. The SMILES string of the molecule is Cc1ncsc1-c1ccc(CNC(=O)[C@@H]2C[C@@H](O)CN2C(=O)[C@H](C(C)C)N2Cc3ccccc3C2=O)c(OCCCN)c1. The van der Waals surface area contributed by atoms with Crippen LogP contribution in [0.2, 0.25) is 0 Å². The molecule has 2 aliphatic rings. The van der Waals surface area contributed by atoms with Gasteiger partial charge in [-0.1, -0.05) is 44.2 Å². The molecule has 0 unspecified atom stereocenters. The number of aliphatic hydroxyl groups is 1. The average Bonchev–Trinajstić information content (AvgIpc) is 3.69. The number of ether oxygens (including phenoxy) is 1. The molecule has 10 nitrogen and oxygen atoms in total. The fourth-order valence-electron chi connectivity index (χ4n) is 5.88. The third kappa shape index (κ3) is 6.43. The van der Waals surface area contributed by atoms with E-state index < -0.39 is 18.2 Å². The topological polar surface area (TPSA) is 138 Å². The van der Waals surface area contributed by atoms with Crippen molar-refractivity contribution < 1.29 is 24.2 Å². The predicted molar refractivity (Wildman–Crippen MR) is 164 cm³/mol. The molecular formula is C32H39N5O5S. The van der Waals surface area contributed by atoms with Gasteiger partial charge in [0.05, 0.1) is 28.8 Å². The Hall–Kier alpha value is -3.80. The van der Waals surface area contributed by atoms with Gasteiger partial charge in [-0.15, -0.1) is 11.3 Å². The average molecular weight is 606 g/mol. The normalized spacial score (nSPS) is 18.7. The Morgan fingerprint density at radius 2 is 2.02 bits per heavy atom.